The van der Waals surface area contributed by atoms with Crippen molar-refractivity contribution >= 4 is 17.9 Å². The molecule has 1 atom stereocenters. The molecule has 3 rings (SSSR count). The first-order chi connectivity index (χ1) is 19.9. The van der Waals surface area contributed by atoms with E-state index in [9.17, 15) is 14.4 Å². The number of benzene rings is 2. The zero-order valence-electron chi connectivity index (χ0n) is 23.6. The zero-order valence-corrected chi connectivity index (χ0v) is 23.6. The Bertz CT molecular complexity index is 1120. The third kappa shape index (κ3) is 11.9. The Morgan fingerprint density at radius 3 is 1.90 bits per heavy atom. The van der Waals surface area contributed by atoms with Crippen LogP contribution in [0.1, 0.15) is 74.6 Å². The lowest BCUT2D eigenvalue weighted by atomic mass is 10.1. The van der Waals surface area contributed by atoms with Crippen molar-refractivity contribution in [3.8, 4) is 17.2 Å². The highest BCUT2D eigenvalue weighted by Gasteiger charge is 2.26. The second-order valence-electron chi connectivity index (χ2n) is 9.91. The van der Waals surface area contributed by atoms with Crippen molar-refractivity contribution in [2.75, 3.05) is 19.8 Å². The molecule has 41 heavy (non-hydrogen) atoms. The van der Waals surface area contributed by atoms with Crippen molar-refractivity contribution < 1.29 is 38.1 Å². The number of hydrogen-bond acceptors (Lipinski definition) is 8. The monoisotopic (exact) mass is 564 g/mol. The molecule has 1 aliphatic rings. The van der Waals surface area contributed by atoms with E-state index in [2.05, 4.69) is 13.2 Å². The molecule has 0 bridgehead atoms. The number of carbonyl (C=O) groups is 3. The summed E-state index contributed by atoms with van der Waals surface area (Å²) in [5.41, 5.74) is 0.996. The lowest BCUT2D eigenvalue weighted by Crippen LogP contribution is -2.08. The van der Waals surface area contributed by atoms with Gasteiger partial charge in [0.1, 0.15) is 23.4 Å². The van der Waals surface area contributed by atoms with Crippen molar-refractivity contribution in [3.63, 3.8) is 0 Å². The first kappa shape index (κ1) is 31.5. The van der Waals surface area contributed by atoms with E-state index in [-0.39, 0.29) is 18.0 Å². The van der Waals surface area contributed by atoms with E-state index in [1.54, 1.807) is 48.5 Å². The maximum Gasteiger partial charge on any atom is 0.343 e. The molecule has 0 aliphatic carbocycles. The molecule has 0 saturated carbocycles. The fraction of sp³-hybridized carbons (Fsp3) is 0.424. The molecule has 8 nitrogen and oxygen atoms in total. The van der Waals surface area contributed by atoms with Crippen LogP contribution < -0.4 is 14.2 Å². The maximum atomic E-state index is 12.5. The molecule has 1 heterocycles. The van der Waals surface area contributed by atoms with E-state index in [0.29, 0.717) is 48.9 Å². The predicted molar refractivity (Wildman–Crippen MR) is 155 cm³/mol. The highest BCUT2D eigenvalue weighted by Crippen LogP contribution is 2.23. The van der Waals surface area contributed by atoms with E-state index in [1.807, 2.05) is 0 Å². The van der Waals surface area contributed by atoms with Crippen molar-refractivity contribution in [2.24, 2.45) is 0 Å². The van der Waals surface area contributed by atoms with E-state index < -0.39 is 5.97 Å². The molecule has 0 aromatic heterocycles. The molecule has 1 saturated heterocycles. The summed E-state index contributed by atoms with van der Waals surface area (Å²) in [6, 6.07) is 13.9. The van der Waals surface area contributed by atoms with Crippen LogP contribution in [0.15, 0.2) is 73.3 Å². The van der Waals surface area contributed by atoms with Gasteiger partial charge in [-0.2, -0.15) is 0 Å². The molecule has 0 N–H and O–H groups in total. The zero-order chi connectivity index (χ0) is 29.3. The minimum absolute atomic E-state index is 0.0318. The molecular formula is C33H40O8. The third-order valence-corrected chi connectivity index (χ3v) is 6.57. The summed E-state index contributed by atoms with van der Waals surface area (Å²) in [4.78, 5) is 34.8. The number of cyclic esters (lactones) is 1. The maximum absolute atomic E-state index is 12.5. The van der Waals surface area contributed by atoms with Crippen molar-refractivity contribution in [3.05, 3.63) is 78.9 Å². The van der Waals surface area contributed by atoms with Gasteiger partial charge in [0.15, 0.2) is 0 Å². The number of ether oxygens (including phenoxy) is 5. The van der Waals surface area contributed by atoms with Gasteiger partial charge >= 0.3 is 17.9 Å². The Morgan fingerprint density at radius 1 is 0.780 bits per heavy atom. The van der Waals surface area contributed by atoms with E-state index in [1.165, 1.54) is 6.08 Å². The molecule has 0 radical (unpaired) electrons. The Kier molecular flexibility index (Phi) is 13.5. The van der Waals surface area contributed by atoms with Gasteiger partial charge in [0.25, 0.3) is 0 Å². The predicted octanol–water partition coefficient (Wildman–Crippen LogP) is 6.78. The van der Waals surface area contributed by atoms with Crippen LogP contribution in [-0.2, 0) is 19.1 Å². The number of rotatable bonds is 19. The van der Waals surface area contributed by atoms with Gasteiger partial charge in [-0.3, -0.25) is 0 Å². The van der Waals surface area contributed by atoms with Crippen LogP contribution in [0.4, 0.5) is 0 Å². The van der Waals surface area contributed by atoms with Crippen LogP contribution >= 0.6 is 0 Å². The molecule has 1 unspecified atom stereocenters. The highest BCUT2D eigenvalue weighted by atomic mass is 16.6. The van der Waals surface area contributed by atoms with E-state index in [4.69, 9.17) is 23.7 Å². The van der Waals surface area contributed by atoms with Crippen LogP contribution in [0.2, 0.25) is 0 Å². The summed E-state index contributed by atoms with van der Waals surface area (Å²) in [6.07, 6.45) is 10.3. The molecule has 2 aromatic rings. The molecule has 0 amide bonds. The Morgan fingerprint density at radius 2 is 1.32 bits per heavy atom. The van der Waals surface area contributed by atoms with Gasteiger partial charge in [0, 0.05) is 18.1 Å². The Labute approximate surface area is 242 Å². The molecule has 2 aromatic carbocycles. The average Bonchev–Trinajstić information content (AvgIpc) is 3.31. The molecule has 220 valence electrons. The van der Waals surface area contributed by atoms with Crippen LogP contribution in [0.25, 0.3) is 0 Å². The Hall–Kier alpha value is -4.07. The first-order valence-corrected chi connectivity index (χ1v) is 14.3. The van der Waals surface area contributed by atoms with Crippen molar-refractivity contribution in [1.82, 2.24) is 0 Å². The minimum Gasteiger partial charge on any atom is -0.494 e. The highest BCUT2D eigenvalue weighted by molar-refractivity contribution is 5.91. The number of hydrogen-bond donors (Lipinski definition) is 0. The molecule has 1 aliphatic heterocycles. The van der Waals surface area contributed by atoms with Crippen LogP contribution in [0, 0.1) is 0 Å². The fourth-order valence-corrected chi connectivity index (χ4v) is 4.25. The van der Waals surface area contributed by atoms with E-state index >= 15 is 0 Å². The average molecular weight is 565 g/mol. The number of carbonyl (C=O) groups excluding carboxylic acids is 3. The van der Waals surface area contributed by atoms with E-state index in [0.717, 1.165) is 63.5 Å². The SMILES string of the molecule is C=CC(=O)OCCCCCCCOc1ccc(OC(=O)c2ccc(OCCCCCC3CC(=C)C(=O)O3)cc2)cc1. The fourth-order valence-electron chi connectivity index (χ4n) is 4.25. The lowest BCUT2D eigenvalue weighted by molar-refractivity contribution is -0.139. The summed E-state index contributed by atoms with van der Waals surface area (Å²) in [6.45, 7) is 8.68. The van der Waals surface area contributed by atoms with Gasteiger partial charge < -0.3 is 23.7 Å². The standard InChI is InChI=1S/C33H40O8/c1-3-31(34)39-23-10-6-4-5-9-21-38-28-17-19-29(20-18-28)40-33(36)26-13-15-27(16-14-26)37-22-11-7-8-12-30-24-25(2)32(35)41-30/h3,13-20,30H,1-2,4-12,21-24H2. The van der Waals surface area contributed by atoms with Crippen molar-refractivity contribution in [2.45, 2.75) is 70.3 Å². The quantitative estimate of drug-likeness (QED) is 0.0798. The van der Waals surface area contributed by atoms with Gasteiger partial charge in [0.05, 0.1) is 25.4 Å². The Balaban J connectivity index is 1.24. The smallest absolute Gasteiger partial charge is 0.343 e. The third-order valence-electron chi connectivity index (χ3n) is 6.57. The summed E-state index contributed by atoms with van der Waals surface area (Å²) in [5.74, 6) is 0.759. The largest absolute Gasteiger partial charge is 0.494 e. The van der Waals surface area contributed by atoms with Crippen LogP contribution in [0.3, 0.4) is 0 Å². The molecular weight excluding hydrogens is 524 g/mol. The molecule has 8 heteroatoms. The summed E-state index contributed by atoms with van der Waals surface area (Å²) in [7, 11) is 0. The van der Waals surface area contributed by atoms with Gasteiger partial charge in [-0.15, -0.1) is 0 Å². The van der Waals surface area contributed by atoms with Gasteiger partial charge in [-0.25, -0.2) is 14.4 Å². The normalized spacial score (nSPS) is 14.3. The first-order valence-electron chi connectivity index (χ1n) is 14.3. The minimum atomic E-state index is -0.445. The van der Waals surface area contributed by atoms with Crippen LogP contribution in [0.5, 0.6) is 17.2 Å². The second kappa shape index (κ2) is 17.6. The van der Waals surface area contributed by atoms with Gasteiger partial charge in [0.2, 0.25) is 0 Å². The van der Waals surface area contributed by atoms with Crippen LogP contribution in [-0.4, -0.2) is 43.8 Å². The van der Waals surface area contributed by atoms with Crippen molar-refractivity contribution in [1.29, 1.82) is 0 Å². The van der Waals surface area contributed by atoms with Gasteiger partial charge in [-0.1, -0.05) is 32.4 Å². The van der Waals surface area contributed by atoms with Gasteiger partial charge in [-0.05, 0) is 87.1 Å². The summed E-state index contributed by atoms with van der Waals surface area (Å²) < 4.78 is 27.2. The number of esters is 3. The number of unbranched alkanes of at least 4 members (excludes halogenated alkanes) is 6. The molecule has 1 fully saturated rings. The summed E-state index contributed by atoms with van der Waals surface area (Å²) >= 11 is 0. The lowest BCUT2D eigenvalue weighted by Gasteiger charge is -2.10. The second-order valence-corrected chi connectivity index (χ2v) is 9.91. The molecule has 0 spiro atoms. The topological polar surface area (TPSA) is 97.4 Å². The summed E-state index contributed by atoms with van der Waals surface area (Å²) in [5, 5.41) is 0.